The van der Waals surface area contributed by atoms with Crippen molar-refractivity contribution in [3.8, 4) is 11.1 Å². The molecule has 0 fully saturated rings. The molecule has 5 aromatic rings. The second-order valence-electron chi connectivity index (χ2n) is 8.61. The first-order valence-electron chi connectivity index (χ1n) is 11.5. The van der Waals surface area contributed by atoms with Gasteiger partial charge in [0.05, 0.1) is 10.7 Å². The van der Waals surface area contributed by atoms with Crippen molar-refractivity contribution in [3.63, 3.8) is 0 Å². The van der Waals surface area contributed by atoms with Crippen LogP contribution in [-0.2, 0) is 13.0 Å². The number of anilines is 1. The summed E-state index contributed by atoms with van der Waals surface area (Å²) >= 11 is 6.49. The van der Waals surface area contributed by atoms with E-state index < -0.39 is 0 Å². The van der Waals surface area contributed by atoms with Gasteiger partial charge in [-0.05, 0) is 59.9 Å². The standard InChI is InChI=1S/C30H26ClN3/c1-20-9-6-13-24(21(20)2)19-32-25-14-7-12-23(18-25)29-26-15-8-16-27(31)30(26)34-33-28(29)17-22-10-4-3-5-11-22/h3-16,18,32H,17,19H2,1-2H3. The molecular formula is C30H26ClN3. The molecular weight excluding hydrogens is 438 g/mol. The number of rotatable bonds is 6. The van der Waals surface area contributed by atoms with Crippen molar-refractivity contribution in [2.75, 3.05) is 5.32 Å². The third-order valence-electron chi connectivity index (χ3n) is 6.38. The van der Waals surface area contributed by atoms with Crippen molar-refractivity contribution in [2.24, 2.45) is 0 Å². The lowest BCUT2D eigenvalue weighted by Crippen LogP contribution is -2.03. The van der Waals surface area contributed by atoms with E-state index in [1.807, 2.05) is 18.2 Å². The molecule has 1 heterocycles. The van der Waals surface area contributed by atoms with Gasteiger partial charge in [0.25, 0.3) is 0 Å². The third-order valence-corrected chi connectivity index (χ3v) is 6.69. The predicted octanol–water partition coefficient (Wildman–Crippen LogP) is 7.77. The van der Waals surface area contributed by atoms with Gasteiger partial charge in [-0.1, -0.05) is 84.4 Å². The van der Waals surface area contributed by atoms with Crippen molar-refractivity contribution in [3.05, 3.63) is 124 Å². The molecule has 4 heteroatoms. The molecule has 0 aliphatic carbocycles. The molecule has 1 aromatic heterocycles. The minimum atomic E-state index is 0.613. The fraction of sp³-hybridized carbons (Fsp3) is 0.133. The van der Waals surface area contributed by atoms with Gasteiger partial charge in [0.1, 0.15) is 5.52 Å². The molecule has 3 nitrogen and oxygen atoms in total. The van der Waals surface area contributed by atoms with Crippen LogP contribution in [0.5, 0.6) is 0 Å². The van der Waals surface area contributed by atoms with E-state index in [9.17, 15) is 0 Å². The summed E-state index contributed by atoms with van der Waals surface area (Å²) in [4.78, 5) is 0. The molecule has 0 saturated heterocycles. The summed E-state index contributed by atoms with van der Waals surface area (Å²) in [5, 5.41) is 14.3. The second-order valence-corrected chi connectivity index (χ2v) is 9.02. The van der Waals surface area contributed by atoms with Crippen molar-refractivity contribution in [1.82, 2.24) is 10.2 Å². The second kappa shape index (κ2) is 9.66. The Bertz CT molecular complexity index is 1460. The van der Waals surface area contributed by atoms with Crippen LogP contribution in [0.3, 0.4) is 0 Å². The van der Waals surface area contributed by atoms with Crippen LogP contribution in [-0.4, -0.2) is 10.2 Å². The van der Waals surface area contributed by atoms with Gasteiger partial charge < -0.3 is 5.32 Å². The molecule has 34 heavy (non-hydrogen) atoms. The lowest BCUT2D eigenvalue weighted by atomic mass is 9.95. The Kier molecular flexibility index (Phi) is 6.29. The van der Waals surface area contributed by atoms with Crippen molar-refractivity contribution < 1.29 is 0 Å². The number of nitrogens with zero attached hydrogens (tertiary/aromatic N) is 2. The highest BCUT2D eigenvalue weighted by atomic mass is 35.5. The van der Waals surface area contributed by atoms with E-state index in [0.717, 1.165) is 40.0 Å². The SMILES string of the molecule is Cc1cccc(CNc2cccc(-c3c(Cc4ccccc4)nnc4c(Cl)cccc34)c2)c1C. The summed E-state index contributed by atoms with van der Waals surface area (Å²) in [5.74, 6) is 0. The zero-order valence-corrected chi connectivity index (χ0v) is 20.1. The topological polar surface area (TPSA) is 37.8 Å². The van der Waals surface area contributed by atoms with Crippen molar-refractivity contribution in [2.45, 2.75) is 26.8 Å². The smallest absolute Gasteiger partial charge is 0.112 e. The van der Waals surface area contributed by atoms with E-state index >= 15 is 0 Å². The van der Waals surface area contributed by atoms with Gasteiger partial charge in [0.15, 0.2) is 0 Å². The first-order chi connectivity index (χ1) is 16.6. The van der Waals surface area contributed by atoms with Gasteiger partial charge >= 0.3 is 0 Å². The number of aryl methyl sites for hydroxylation is 1. The van der Waals surface area contributed by atoms with Crippen LogP contribution in [0.15, 0.2) is 91.0 Å². The monoisotopic (exact) mass is 463 g/mol. The maximum absolute atomic E-state index is 6.49. The van der Waals surface area contributed by atoms with Crippen LogP contribution in [0, 0.1) is 13.8 Å². The molecule has 0 aliphatic rings. The minimum Gasteiger partial charge on any atom is -0.381 e. The molecule has 0 unspecified atom stereocenters. The van der Waals surface area contributed by atoms with Crippen molar-refractivity contribution in [1.29, 1.82) is 0 Å². The lowest BCUT2D eigenvalue weighted by molar-refractivity contribution is 0.969. The van der Waals surface area contributed by atoms with Crippen molar-refractivity contribution >= 4 is 28.2 Å². The Balaban J connectivity index is 1.56. The normalized spacial score (nSPS) is 11.0. The minimum absolute atomic E-state index is 0.613. The average molecular weight is 464 g/mol. The van der Waals surface area contributed by atoms with Gasteiger partial charge in [0.2, 0.25) is 0 Å². The molecule has 0 bridgehead atoms. The van der Waals surface area contributed by atoms with E-state index in [0.29, 0.717) is 11.4 Å². The summed E-state index contributed by atoms with van der Waals surface area (Å²) in [6.07, 6.45) is 0.700. The van der Waals surface area contributed by atoms with Crippen LogP contribution >= 0.6 is 11.6 Å². The lowest BCUT2D eigenvalue weighted by Gasteiger charge is -2.15. The molecule has 0 radical (unpaired) electrons. The highest BCUT2D eigenvalue weighted by molar-refractivity contribution is 6.35. The molecule has 4 aromatic carbocycles. The zero-order valence-electron chi connectivity index (χ0n) is 19.3. The fourth-order valence-corrected chi connectivity index (χ4v) is 4.57. The Labute approximate surface area is 205 Å². The van der Waals surface area contributed by atoms with Gasteiger partial charge in [-0.15, -0.1) is 5.10 Å². The van der Waals surface area contributed by atoms with Gasteiger partial charge in [-0.25, -0.2) is 0 Å². The summed E-state index contributed by atoms with van der Waals surface area (Å²) in [5.41, 5.74) is 10.0. The van der Waals surface area contributed by atoms with E-state index in [2.05, 4.69) is 102 Å². The van der Waals surface area contributed by atoms with Gasteiger partial charge in [-0.2, -0.15) is 5.10 Å². The van der Waals surface area contributed by atoms with Crippen LogP contribution in [0.25, 0.3) is 22.0 Å². The van der Waals surface area contributed by atoms with Crippen LogP contribution in [0.2, 0.25) is 5.02 Å². The number of hydrogen-bond acceptors (Lipinski definition) is 3. The molecule has 5 rings (SSSR count). The third kappa shape index (κ3) is 4.52. The zero-order chi connectivity index (χ0) is 23.5. The van der Waals surface area contributed by atoms with E-state index in [-0.39, 0.29) is 0 Å². The number of fused-ring (bicyclic) bond motifs is 1. The number of aromatic nitrogens is 2. The first kappa shape index (κ1) is 22.1. The van der Waals surface area contributed by atoms with Gasteiger partial charge in [0, 0.05) is 29.6 Å². The Hall–Kier alpha value is -3.69. The molecule has 0 amide bonds. The molecule has 1 N–H and O–H groups in total. The maximum atomic E-state index is 6.49. The quantitative estimate of drug-likeness (QED) is 0.279. The maximum Gasteiger partial charge on any atom is 0.112 e. The predicted molar refractivity (Wildman–Crippen MR) is 142 cm³/mol. The molecule has 0 aliphatic heterocycles. The van der Waals surface area contributed by atoms with E-state index in [4.69, 9.17) is 11.6 Å². The van der Waals surface area contributed by atoms with E-state index in [1.165, 1.54) is 22.3 Å². The number of benzene rings is 4. The Morgan fingerprint density at radius 3 is 2.44 bits per heavy atom. The van der Waals surface area contributed by atoms with Crippen LogP contribution < -0.4 is 5.32 Å². The van der Waals surface area contributed by atoms with Crippen LogP contribution in [0.1, 0.15) is 27.9 Å². The molecule has 0 spiro atoms. The Morgan fingerprint density at radius 1 is 0.794 bits per heavy atom. The number of hydrogen-bond donors (Lipinski definition) is 1. The number of nitrogens with one attached hydrogen (secondary N) is 1. The molecule has 0 atom stereocenters. The Morgan fingerprint density at radius 2 is 1.59 bits per heavy atom. The summed E-state index contributed by atoms with van der Waals surface area (Å²) in [7, 11) is 0. The highest BCUT2D eigenvalue weighted by Crippen LogP contribution is 2.35. The van der Waals surface area contributed by atoms with Gasteiger partial charge in [-0.3, -0.25) is 0 Å². The van der Waals surface area contributed by atoms with E-state index in [1.54, 1.807) is 0 Å². The first-order valence-corrected chi connectivity index (χ1v) is 11.8. The number of halogens is 1. The van der Waals surface area contributed by atoms with Crippen LogP contribution in [0.4, 0.5) is 5.69 Å². The average Bonchev–Trinajstić information content (AvgIpc) is 2.86. The molecule has 0 saturated carbocycles. The molecule has 168 valence electrons. The summed E-state index contributed by atoms with van der Waals surface area (Å²) in [6.45, 7) is 5.10. The summed E-state index contributed by atoms with van der Waals surface area (Å²) < 4.78 is 0. The highest BCUT2D eigenvalue weighted by Gasteiger charge is 2.15. The largest absolute Gasteiger partial charge is 0.381 e. The fourth-order valence-electron chi connectivity index (χ4n) is 4.35. The summed E-state index contributed by atoms with van der Waals surface area (Å²) in [6, 6.07) is 31.3.